The summed E-state index contributed by atoms with van der Waals surface area (Å²) in [7, 11) is 0. The summed E-state index contributed by atoms with van der Waals surface area (Å²) in [5.74, 6) is 0.0573. The zero-order chi connectivity index (χ0) is 10.8. The van der Waals surface area contributed by atoms with Crippen molar-refractivity contribution < 1.29 is 0 Å². The van der Waals surface area contributed by atoms with Gasteiger partial charge in [-0.15, -0.1) is 0 Å². The third kappa shape index (κ3) is 1.87. The summed E-state index contributed by atoms with van der Waals surface area (Å²) in [6.45, 7) is 4.80. The molecule has 1 atom stereocenters. The lowest BCUT2D eigenvalue weighted by atomic mass is 10.2. The smallest absolute Gasteiger partial charge is 0.0671 e. The monoisotopic (exact) mass is 198 g/mol. The Hall–Kier alpha value is -1.75. The highest BCUT2D eigenvalue weighted by Crippen LogP contribution is 2.18. The van der Waals surface area contributed by atoms with E-state index in [9.17, 15) is 0 Å². The number of hydrogen-bond acceptors (Lipinski definition) is 1. The Morgan fingerprint density at radius 3 is 2.93 bits per heavy atom. The van der Waals surface area contributed by atoms with Crippen LogP contribution in [0.5, 0.6) is 0 Å². The predicted molar refractivity (Wildman–Crippen MR) is 61.5 cm³/mol. The second-order valence-electron chi connectivity index (χ2n) is 4.06. The van der Waals surface area contributed by atoms with Crippen molar-refractivity contribution in [2.75, 3.05) is 0 Å². The minimum Gasteiger partial charge on any atom is -0.346 e. The molecule has 1 aromatic carbocycles. The largest absolute Gasteiger partial charge is 0.346 e. The van der Waals surface area contributed by atoms with Gasteiger partial charge in [-0.1, -0.05) is 11.6 Å². The number of fused-ring (bicyclic) bond motifs is 1. The molecule has 76 valence electrons. The van der Waals surface area contributed by atoms with Gasteiger partial charge in [0, 0.05) is 18.3 Å². The highest BCUT2D eigenvalue weighted by atomic mass is 15.0. The van der Waals surface area contributed by atoms with Gasteiger partial charge in [0.15, 0.2) is 0 Å². The first-order valence-electron chi connectivity index (χ1n) is 5.16. The number of nitriles is 1. The third-order valence-electron chi connectivity index (χ3n) is 2.62. The molecule has 2 rings (SSSR count). The summed E-state index contributed by atoms with van der Waals surface area (Å²) in [6.07, 6.45) is 2.05. The third-order valence-corrected chi connectivity index (χ3v) is 2.62. The molecular formula is C13H14N2. The summed E-state index contributed by atoms with van der Waals surface area (Å²) in [6, 6.07) is 10.8. The molecule has 1 heterocycles. The number of aryl methyl sites for hydroxylation is 1. The van der Waals surface area contributed by atoms with E-state index in [1.807, 2.05) is 6.92 Å². The Balaban J connectivity index is 2.42. The summed E-state index contributed by atoms with van der Waals surface area (Å²) < 4.78 is 2.14. The molecule has 1 aromatic heterocycles. The van der Waals surface area contributed by atoms with Gasteiger partial charge in [0.2, 0.25) is 0 Å². The van der Waals surface area contributed by atoms with Crippen LogP contribution in [0.25, 0.3) is 10.9 Å². The van der Waals surface area contributed by atoms with Crippen LogP contribution >= 0.6 is 0 Å². The standard InChI is InChI=1S/C13H14N2/c1-10-3-4-13-12(7-10)5-6-15(13)9-11(2)8-14/h3-7,11H,9H2,1-2H3. The maximum absolute atomic E-state index is 8.79. The number of benzene rings is 1. The van der Waals surface area contributed by atoms with E-state index in [4.69, 9.17) is 5.26 Å². The van der Waals surface area contributed by atoms with Gasteiger partial charge in [-0.3, -0.25) is 0 Å². The van der Waals surface area contributed by atoms with E-state index in [1.165, 1.54) is 16.5 Å². The van der Waals surface area contributed by atoms with Crippen LogP contribution < -0.4 is 0 Å². The Labute approximate surface area is 89.7 Å². The van der Waals surface area contributed by atoms with Crippen LogP contribution in [0.2, 0.25) is 0 Å². The molecule has 0 aliphatic heterocycles. The van der Waals surface area contributed by atoms with Crippen molar-refractivity contribution in [2.45, 2.75) is 20.4 Å². The molecule has 2 nitrogen and oxygen atoms in total. The SMILES string of the molecule is Cc1ccc2c(ccn2CC(C)C#N)c1. The van der Waals surface area contributed by atoms with Gasteiger partial charge in [-0.2, -0.15) is 5.26 Å². The fourth-order valence-corrected chi connectivity index (χ4v) is 1.81. The van der Waals surface area contributed by atoms with Crippen molar-refractivity contribution in [3.8, 4) is 6.07 Å². The van der Waals surface area contributed by atoms with Gasteiger partial charge in [0.1, 0.15) is 0 Å². The fraction of sp³-hybridized carbons (Fsp3) is 0.308. The van der Waals surface area contributed by atoms with Gasteiger partial charge in [0.25, 0.3) is 0 Å². The van der Waals surface area contributed by atoms with Crippen molar-refractivity contribution >= 4 is 10.9 Å². The summed E-state index contributed by atoms with van der Waals surface area (Å²) in [4.78, 5) is 0. The first kappa shape index (κ1) is 9.79. The van der Waals surface area contributed by atoms with E-state index >= 15 is 0 Å². The van der Waals surface area contributed by atoms with Crippen LogP contribution in [0.3, 0.4) is 0 Å². The van der Waals surface area contributed by atoms with Crippen molar-refractivity contribution in [1.29, 1.82) is 5.26 Å². The average molecular weight is 198 g/mol. The second kappa shape index (κ2) is 3.78. The van der Waals surface area contributed by atoms with Crippen molar-refractivity contribution in [1.82, 2.24) is 4.57 Å². The molecule has 2 aromatic rings. The van der Waals surface area contributed by atoms with Gasteiger partial charge in [0.05, 0.1) is 12.0 Å². The Kier molecular flexibility index (Phi) is 2.47. The van der Waals surface area contributed by atoms with E-state index < -0.39 is 0 Å². The summed E-state index contributed by atoms with van der Waals surface area (Å²) in [5.41, 5.74) is 2.48. The van der Waals surface area contributed by atoms with Crippen molar-refractivity contribution in [3.63, 3.8) is 0 Å². The normalized spacial score (nSPS) is 12.6. The highest BCUT2D eigenvalue weighted by Gasteiger charge is 2.04. The summed E-state index contributed by atoms with van der Waals surface area (Å²) >= 11 is 0. The minimum atomic E-state index is 0.0573. The molecule has 0 saturated carbocycles. The van der Waals surface area contributed by atoms with E-state index in [2.05, 4.69) is 48.0 Å². The molecule has 0 bridgehead atoms. The lowest BCUT2D eigenvalue weighted by molar-refractivity contribution is 0.596. The van der Waals surface area contributed by atoms with Crippen LogP contribution in [0.4, 0.5) is 0 Å². The predicted octanol–water partition coefficient (Wildman–Crippen LogP) is 3.11. The first-order chi connectivity index (χ1) is 7.20. The second-order valence-corrected chi connectivity index (χ2v) is 4.06. The van der Waals surface area contributed by atoms with Crippen molar-refractivity contribution in [2.24, 2.45) is 5.92 Å². The fourth-order valence-electron chi connectivity index (χ4n) is 1.81. The van der Waals surface area contributed by atoms with Crippen LogP contribution in [0, 0.1) is 24.2 Å². The lowest BCUT2D eigenvalue weighted by Gasteiger charge is -2.06. The quantitative estimate of drug-likeness (QED) is 0.728. The Morgan fingerprint density at radius 1 is 1.40 bits per heavy atom. The minimum absolute atomic E-state index is 0.0573. The first-order valence-corrected chi connectivity index (χ1v) is 5.16. The lowest BCUT2D eigenvalue weighted by Crippen LogP contribution is -2.03. The number of aromatic nitrogens is 1. The molecular weight excluding hydrogens is 184 g/mol. The average Bonchev–Trinajstić information content (AvgIpc) is 2.60. The van der Waals surface area contributed by atoms with Crippen LogP contribution in [0.15, 0.2) is 30.5 Å². The molecule has 1 unspecified atom stereocenters. The molecule has 0 amide bonds. The van der Waals surface area contributed by atoms with Crippen LogP contribution in [-0.2, 0) is 6.54 Å². The molecule has 0 radical (unpaired) electrons. The number of hydrogen-bond donors (Lipinski definition) is 0. The topological polar surface area (TPSA) is 28.7 Å². The summed E-state index contributed by atoms with van der Waals surface area (Å²) in [5, 5.41) is 10.0. The Morgan fingerprint density at radius 2 is 2.20 bits per heavy atom. The van der Waals surface area contributed by atoms with Crippen LogP contribution in [-0.4, -0.2) is 4.57 Å². The number of rotatable bonds is 2. The Bertz CT molecular complexity index is 517. The van der Waals surface area contributed by atoms with E-state index in [0.717, 1.165) is 6.54 Å². The van der Waals surface area contributed by atoms with Gasteiger partial charge in [-0.05, 0) is 37.4 Å². The molecule has 2 heteroatoms. The highest BCUT2D eigenvalue weighted by molar-refractivity contribution is 5.80. The molecule has 15 heavy (non-hydrogen) atoms. The maximum atomic E-state index is 8.79. The molecule has 0 aliphatic carbocycles. The van der Waals surface area contributed by atoms with Gasteiger partial charge in [-0.25, -0.2) is 0 Å². The molecule has 0 fully saturated rings. The zero-order valence-electron chi connectivity index (χ0n) is 9.07. The molecule has 0 saturated heterocycles. The van der Waals surface area contributed by atoms with Crippen LogP contribution in [0.1, 0.15) is 12.5 Å². The van der Waals surface area contributed by atoms with E-state index in [1.54, 1.807) is 0 Å². The van der Waals surface area contributed by atoms with Gasteiger partial charge < -0.3 is 4.57 Å². The zero-order valence-corrected chi connectivity index (χ0v) is 9.07. The van der Waals surface area contributed by atoms with E-state index in [-0.39, 0.29) is 5.92 Å². The van der Waals surface area contributed by atoms with Gasteiger partial charge >= 0.3 is 0 Å². The maximum Gasteiger partial charge on any atom is 0.0671 e. The van der Waals surface area contributed by atoms with E-state index in [0.29, 0.717) is 0 Å². The molecule has 0 spiro atoms. The number of nitrogens with zero attached hydrogens (tertiary/aromatic N) is 2. The molecule has 0 N–H and O–H groups in total. The van der Waals surface area contributed by atoms with Crippen molar-refractivity contribution in [3.05, 3.63) is 36.0 Å². The molecule has 0 aliphatic rings.